The molecule has 1 amide bonds. The number of likely N-dealkylation sites (N-methyl/N-ethyl adjacent to an activating group) is 1. The van der Waals surface area contributed by atoms with Crippen LogP contribution in [-0.4, -0.2) is 76.8 Å². The molecule has 4 nitrogen and oxygen atoms in total. The number of thioether (sulfide) groups is 1. The number of alkyl halides is 3. The quantitative estimate of drug-likeness (QED) is 0.850. The van der Waals surface area contributed by atoms with Gasteiger partial charge in [-0.1, -0.05) is 0 Å². The third-order valence-corrected chi connectivity index (χ3v) is 5.53. The Kier molecular flexibility index (Phi) is 5.10. The number of piperidine rings is 1. The zero-order chi connectivity index (χ0) is 15.7. The number of amides is 1. The largest absolute Gasteiger partial charge is 0.417 e. The minimum absolute atomic E-state index is 0.0396. The minimum atomic E-state index is -4.63. The van der Waals surface area contributed by atoms with Crippen LogP contribution in [0.1, 0.15) is 19.3 Å². The molecule has 1 N–H and O–H groups in total. The number of carbonyl (C=O) groups excluding carboxylic acids is 1. The van der Waals surface area contributed by atoms with E-state index in [-0.39, 0.29) is 25.5 Å². The van der Waals surface area contributed by atoms with Gasteiger partial charge in [-0.25, -0.2) is 0 Å². The number of aliphatic hydroxyl groups is 1. The molecule has 2 aliphatic rings. The normalized spacial score (nSPS) is 26.4. The average Bonchev–Trinajstić information content (AvgIpc) is 2.92. The molecule has 8 heteroatoms. The van der Waals surface area contributed by atoms with Crippen molar-refractivity contribution in [3.05, 3.63) is 0 Å². The summed E-state index contributed by atoms with van der Waals surface area (Å²) in [7, 11) is 1.88. The van der Waals surface area contributed by atoms with Gasteiger partial charge in [-0.05, 0) is 19.2 Å². The van der Waals surface area contributed by atoms with E-state index in [9.17, 15) is 23.1 Å². The van der Waals surface area contributed by atoms with Crippen LogP contribution in [0, 0.1) is 0 Å². The lowest BCUT2D eigenvalue weighted by Crippen LogP contribution is -2.55. The Hall–Kier alpha value is -0.470. The van der Waals surface area contributed by atoms with Gasteiger partial charge < -0.3 is 10.0 Å². The summed E-state index contributed by atoms with van der Waals surface area (Å²) in [5, 5.41) is 9.59. The fraction of sp³-hybridized carbons (Fsp3) is 0.923. The molecule has 0 saturated carbocycles. The highest BCUT2D eigenvalue weighted by atomic mass is 32.2. The van der Waals surface area contributed by atoms with Gasteiger partial charge in [0, 0.05) is 37.7 Å². The Balaban J connectivity index is 1.83. The molecular weight excluding hydrogens is 305 g/mol. The van der Waals surface area contributed by atoms with Gasteiger partial charge in [0.25, 0.3) is 0 Å². The van der Waals surface area contributed by atoms with Gasteiger partial charge in [-0.15, -0.1) is 0 Å². The Bertz CT molecular complexity index is 378. The summed E-state index contributed by atoms with van der Waals surface area (Å²) in [5.41, 5.74) is -2.64. The third-order valence-electron chi connectivity index (χ3n) is 4.38. The van der Waals surface area contributed by atoms with E-state index in [1.54, 1.807) is 0 Å². The molecule has 0 aliphatic carbocycles. The van der Waals surface area contributed by atoms with Gasteiger partial charge in [-0.2, -0.15) is 24.9 Å². The van der Waals surface area contributed by atoms with Crippen molar-refractivity contribution in [2.75, 3.05) is 38.2 Å². The number of halogens is 3. The number of nitrogens with zero attached hydrogens (tertiary/aromatic N) is 2. The lowest BCUT2D eigenvalue weighted by molar-refractivity contribution is -0.272. The van der Waals surface area contributed by atoms with Gasteiger partial charge in [0.1, 0.15) is 0 Å². The molecule has 1 atom stereocenters. The minimum Gasteiger partial charge on any atom is -0.380 e. The summed E-state index contributed by atoms with van der Waals surface area (Å²) in [6, 6.07) is 0.371. The second-order valence-electron chi connectivity index (χ2n) is 5.84. The van der Waals surface area contributed by atoms with Crippen molar-refractivity contribution in [3.8, 4) is 0 Å². The molecule has 0 aromatic rings. The molecule has 0 aromatic heterocycles. The van der Waals surface area contributed by atoms with Crippen LogP contribution in [0.2, 0.25) is 0 Å². The molecule has 2 aliphatic heterocycles. The van der Waals surface area contributed by atoms with Crippen LogP contribution in [0.5, 0.6) is 0 Å². The van der Waals surface area contributed by atoms with E-state index < -0.39 is 24.6 Å². The van der Waals surface area contributed by atoms with E-state index in [0.29, 0.717) is 6.04 Å². The number of carbonyl (C=O) groups is 1. The fourth-order valence-electron chi connectivity index (χ4n) is 2.72. The number of likely N-dealkylation sites (tertiary alicyclic amines) is 1. The van der Waals surface area contributed by atoms with Crippen LogP contribution in [0.15, 0.2) is 0 Å². The van der Waals surface area contributed by atoms with E-state index >= 15 is 0 Å². The van der Waals surface area contributed by atoms with Crippen molar-refractivity contribution >= 4 is 17.7 Å². The number of hydrogen-bond donors (Lipinski definition) is 1. The van der Waals surface area contributed by atoms with Crippen molar-refractivity contribution in [2.24, 2.45) is 0 Å². The van der Waals surface area contributed by atoms with Gasteiger partial charge in [0.05, 0.1) is 6.54 Å². The molecule has 0 bridgehead atoms. The first kappa shape index (κ1) is 16.9. The maximum atomic E-state index is 12.7. The summed E-state index contributed by atoms with van der Waals surface area (Å²) in [6.07, 6.45) is -4.46. The summed E-state index contributed by atoms with van der Waals surface area (Å²) in [5.74, 6) is 1.93. The maximum Gasteiger partial charge on any atom is 0.417 e. The Labute approximate surface area is 126 Å². The predicted molar refractivity (Wildman–Crippen MR) is 75.2 cm³/mol. The Morgan fingerprint density at radius 1 is 1.43 bits per heavy atom. The predicted octanol–water partition coefficient (Wildman–Crippen LogP) is 1.34. The molecule has 0 spiro atoms. The zero-order valence-corrected chi connectivity index (χ0v) is 12.8. The van der Waals surface area contributed by atoms with Crippen LogP contribution in [0.4, 0.5) is 13.2 Å². The fourth-order valence-corrected chi connectivity index (χ4v) is 4.02. The molecule has 0 radical (unpaired) electrons. The smallest absolute Gasteiger partial charge is 0.380 e. The second-order valence-corrected chi connectivity index (χ2v) is 6.99. The first-order valence-corrected chi connectivity index (χ1v) is 8.23. The highest BCUT2D eigenvalue weighted by Crippen LogP contribution is 2.38. The molecule has 2 rings (SSSR count). The van der Waals surface area contributed by atoms with E-state index in [2.05, 4.69) is 0 Å². The Morgan fingerprint density at radius 2 is 2.05 bits per heavy atom. The first-order valence-electron chi connectivity index (χ1n) is 7.08. The summed E-state index contributed by atoms with van der Waals surface area (Å²) in [6.45, 7) is 0.153. The SMILES string of the molecule is CN(CC(=O)N1CCC(O)(C(F)(F)F)CC1)C1CCSC1. The molecule has 2 fully saturated rings. The van der Waals surface area contributed by atoms with Gasteiger partial charge in [0.2, 0.25) is 5.91 Å². The molecule has 2 heterocycles. The first-order chi connectivity index (χ1) is 9.73. The van der Waals surface area contributed by atoms with Gasteiger partial charge >= 0.3 is 6.18 Å². The van der Waals surface area contributed by atoms with Crippen molar-refractivity contribution in [3.63, 3.8) is 0 Å². The zero-order valence-electron chi connectivity index (χ0n) is 12.0. The van der Waals surface area contributed by atoms with Crippen LogP contribution in [-0.2, 0) is 4.79 Å². The lowest BCUT2D eigenvalue weighted by Gasteiger charge is -2.39. The summed E-state index contributed by atoms with van der Waals surface area (Å²) < 4.78 is 38.1. The van der Waals surface area contributed by atoms with Gasteiger partial charge in [-0.3, -0.25) is 9.69 Å². The lowest BCUT2D eigenvalue weighted by atomic mass is 9.91. The maximum absolute atomic E-state index is 12.7. The molecule has 2 saturated heterocycles. The monoisotopic (exact) mass is 326 g/mol. The Morgan fingerprint density at radius 3 is 2.52 bits per heavy atom. The number of rotatable bonds is 3. The average molecular weight is 326 g/mol. The van der Waals surface area contributed by atoms with E-state index in [1.807, 2.05) is 23.7 Å². The van der Waals surface area contributed by atoms with Crippen LogP contribution < -0.4 is 0 Å². The molecule has 21 heavy (non-hydrogen) atoms. The van der Waals surface area contributed by atoms with Crippen molar-refractivity contribution in [1.29, 1.82) is 0 Å². The second kappa shape index (κ2) is 6.34. The molecule has 0 aromatic carbocycles. The van der Waals surface area contributed by atoms with Crippen LogP contribution >= 0.6 is 11.8 Å². The van der Waals surface area contributed by atoms with Crippen LogP contribution in [0.3, 0.4) is 0 Å². The number of hydrogen-bond acceptors (Lipinski definition) is 4. The highest BCUT2D eigenvalue weighted by molar-refractivity contribution is 7.99. The molecule has 1 unspecified atom stereocenters. The van der Waals surface area contributed by atoms with Crippen molar-refractivity contribution in [1.82, 2.24) is 9.80 Å². The van der Waals surface area contributed by atoms with E-state index in [4.69, 9.17) is 0 Å². The topological polar surface area (TPSA) is 43.8 Å². The van der Waals surface area contributed by atoms with Gasteiger partial charge in [0.15, 0.2) is 5.60 Å². The van der Waals surface area contributed by atoms with Crippen LogP contribution in [0.25, 0.3) is 0 Å². The van der Waals surface area contributed by atoms with Crippen molar-refractivity contribution in [2.45, 2.75) is 37.1 Å². The summed E-state index contributed by atoms with van der Waals surface area (Å²) >= 11 is 1.85. The highest BCUT2D eigenvalue weighted by Gasteiger charge is 2.54. The van der Waals surface area contributed by atoms with E-state index in [0.717, 1.165) is 17.9 Å². The molecular formula is C13H21F3N2O2S. The summed E-state index contributed by atoms with van der Waals surface area (Å²) in [4.78, 5) is 15.5. The van der Waals surface area contributed by atoms with Crippen molar-refractivity contribution < 1.29 is 23.1 Å². The standard InChI is InChI=1S/C13H21F3N2O2S/c1-17(10-2-7-21-9-10)8-11(19)18-5-3-12(20,4-6-18)13(14,15)16/h10,20H,2-9H2,1H3. The third kappa shape index (κ3) is 3.84. The molecule has 122 valence electrons. The van der Waals surface area contributed by atoms with E-state index in [1.165, 1.54) is 4.90 Å².